The summed E-state index contributed by atoms with van der Waals surface area (Å²) in [5.41, 5.74) is 1.00. The van der Waals surface area contributed by atoms with Gasteiger partial charge in [0, 0.05) is 16.6 Å². The van der Waals surface area contributed by atoms with Gasteiger partial charge in [0.15, 0.2) is 5.69 Å². The van der Waals surface area contributed by atoms with E-state index < -0.39 is 17.5 Å². The molecule has 0 saturated carbocycles. The van der Waals surface area contributed by atoms with E-state index in [1.807, 2.05) is 51.1 Å². The molecule has 1 unspecified atom stereocenters. The molecule has 0 aliphatic carbocycles. The Hall–Kier alpha value is -3.26. The molecule has 2 aromatic carbocycles. The maximum absolute atomic E-state index is 13.6. The maximum atomic E-state index is 13.6. The highest BCUT2D eigenvalue weighted by Crippen LogP contribution is 2.31. The zero-order valence-electron chi connectivity index (χ0n) is 18.0. The lowest BCUT2D eigenvalue weighted by molar-refractivity contribution is -0.124. The van der Waals surface area contributed by atoms with Crippen molar-refractivity contribution in [3.63, 3.8) is 0 Å². The molecule has 0 aliphatic heterocycles. The van der Waals surface area contributed by atoms with Crippen LogP contribution in [0.2, 0.25) is 0 Å². The summed E-state index contributed by atoms with van der Waals surface area (Å²) in [4.78, 5) is 28.6. The van der Waals surface area contributed by atoms with Crippen molar-refractivity contribution in [3.8, 4) is 5.75 Å². The highest BCUT2D eigenvalue weighted by Gasteiger charge is 2.36. The monoisotopic (exact) mass is 438 g/mol. The number of hydrogen-bond acceptors (Lipinski definition) is 6. The van der Waals surface area contributed by atoms with Gasteiger partial charge in [-0.05, 0) is 61.6 Å². The Morgan fingerprint density at radius 2 is 1.81 bits per heavy atom. The number of carbonyl (C=O) groups excluding carboxylic acids is 2. The number of aromatic nitrogens is 2. The first-order valence-electron chi connectivity index (χ1n) is 9.98. The van der Waals surface area contributed by atoms with Crippen LogP contribution in [0.1, 0.15) is 49.3 Å². The van der Waals surface area contributed by atoms with Gasteiger partial charge in [-0.2, -0.15) is 0 Å². The number of carbonyl (C=O) groups is 2. The molecule has 0 radical (unpaired) electrons. The van der Waals surface area contributed by atoms with E-state index >= 15 is 0 Å². The van der Waals surface area contributed by atoms with E-state index in [0.29, 0.717) is 17.0 Å². The van der Waals surface area contributed by atoms with Crippen LogP contribution in [0.25, 0.3) is 0 Å². The smallest absolute Gasteiger partial charge is 0.280 e. The molecule has 0 bridgehead atoms. The van der Waals surface area contributed by atoms with Gasteiger partial charge in [-0.25, -0.2) is 0 Å². The minimum atomic E-state index is -0.894. The lowest BCUT2D eigenvalue weighted by atomic mass is 9.98. The van der Waals surface area contributed by atoms with E-state index in [1.54, 1.807) is 36.8 Å². The molecular formula is C23H26N4O3S. The predicted octanol–water partition coefficient (Wildman–Crippen LogP) is 4.24. The number of nitrogens with one attached hydrogen (secondary N) is 1. The second-order valence-corrected chi connectivity index (χ2v) is 8.31. The highest BCUT2D eigenvalue weighted by molar-refractivity contribution is 7.03. The largest absolute Gasteiger partial charge is 0.497 e. The van der Waals surface area contributed by atoms with Crippen molar-refractivity contribution in [3.05, 3.63) is 71.2 Å². The topological polar surface area (TPSA) is 84.4 Å². The van der Waals surface area contributed by atoms with E-state index in [2.05, 4.69) is 14.9 Å². The highest BCUT2D eigenvalue weighted by atomic mass is 32.1. The molecule has 162 valence electrons. The zero-order valence-corrected chi connectivity index (χ0v) is 18.8. The van der Waals surface area contributed by atoms with Crippen molar-refractivity contribution in [2.75, 3.05) is 12.0 Å². The summed E-state index contributed by atoms with van der Waals surface area (Å²) in [6.07, 6.45) is 0.743. The summed E-state index contributed by atoms with van der Waals surface area (Å²) >= 11 is 1.09. The fourth-order valence-electron chi connectivity index (χ4n) is 3.05. The van der Waals surface area contributed by atoms with Crippen LogP contribution in [0.4, 0.5) is 5.69 Å². The van der Waals surface area contributed by atoms with Crippen molar-refractivity contribution in [1.29, 1.82) is 0 Å². The molecule has 1 atom stereocenters. The summed E-state index contributed by atoms with van der Waals surface area (Å²) in [7, 11) is 1.58. The first-order valence-corrected chi connectivity index (χ1v) is 10.8. The molecule has 1 heterocycles. The fraction of sp³-hybridized carbons (Fsp3) is 0.304. The Kier molecular flexibility index (Phi) is 7.02. The van der Waals surface area contributed by atoms with Crippen LogP contribution in [0.3, 0.4) is 0 Å². The second kappa shape index (κ2) is 9.70. The van der Waals surface area contributed by atoms with Gasteiger partial charge in [0.25, 0.3) is 5.91 Å². The number of rotatable bonds is 8. The van der Waals surface area contributed by atoms with Crippen LogP contribution in [0.5, 0.6) is 5.75 Å². The van der Waals surface area contributed by atoms with E-state index in [9.17, 15) is 9.59 Å². The van der Waals surface area contributed by atoms with Crippen LogP contribution in [-0.2, 0) is 4.79 Å². The Morgan fingerprint density at radius 1 is 1.13 bits per heavy atom. The Bertz CT molecular complexity index is 1010. The van der Waals surface area contributed by atoms with E-state index in [4.69, 9.17) is 4.74 Å². The van der Waals surface area contributed by atoms with Gasteiger partial charge in [-0.15, -0.1) is 5.10 Å². The number of anilines is 1. The van der Waals surface area contributed by atoms with Crippen molar-refractivity contribution in [2.24, 2.45) is 0 Å². The molecule has 31 heavy (non-hydrogen) atoms. The number of nitrogens with zero attached hydrogens (tertiary/aromatic N) is 3. The van der Waals surface area contributed by atoms with Crippen molar-refractivity contribution < 1.29 is 14.3 Å². The first-order chi connectivity index (χ1) is 14.9. The van der Waals surface area contributed by atoms with Gasteiger partial charge < -0.3 is 10.1 Å². The predicted molar refractivity (Wildman–Crippen MR) is 121 cm³/mol. The minimum Gasteiger partial charge on any atom is -0.497 e. The lowest BCUT2D eigenvalue weighted by Crippen LogP contribution is -2.50. The van der Waals surface area contributed by atoms with Gasteiger partial charge in [0.05, 0.1) is 7.11 Å². The number of hydrogen-bond donors (Lipinski definition) is 1. The molecular weight excluding hydrogens is 412 g/mol. The summed E-state index contributed by atoms with van der Waals surface area (Å²) < 4.78 is 9.07. The average molecular weight is 439 g/mol. The van der Waals surface area contributed by atoms with E-state index in [0.717, 1.165) is 18.0 Å². The third-order valence-corrected chi connectivity index (χ3v) is 5.62. The zero-order chi connectivity index (χ0) is 22.4. The SMILES string of the molecule is CCC(C)(C)NC(=O)C(c1ccccc1)N(C(=O)c1csnn1)c1ccc(OC)cc1. The molecule has 0 fully saturated rings. The lowest BCUT2D eigenvalue weighted by Gasteiger charge is -2.34. The van der Waals surface area contributed by atoms with Crippen LogP contribution in [-0.4, -0.2) is 34.1 Å². The minimum absolute atomic E-state index is 0.185. The Morgan fingerprint density at radius 3 is 2.35 bits per heavy atom. The van der Waals surface area contributed by atoms with Crippen LogP contribution < -0.4 is 15.0 Å². The Labute approximate surface area is 186 Å². The van der Waals surface area contributed by atoms with Crippen LogP contribution in [0, 0.1) is 0 Å². The maximum Gasteiger partial charge on any atom is 0.280 e. The van der Waals surface area contributed by atoms with Crippen LogP contribution >= 0.6 is 11.5 Å². The standard InChI is InChI=1S/C23H26N4O3S/c1-5-23(2,3)24-21(28)20(16-9-7-6-8-10-16)27(22(29)19-15-31-26-25-19)17-11-13-18(30-4)14-12-17/h6-15,20H,5H2,1-4H3,(H,24,28). The quantitative estimate of drug-likeness (QED) is 0.569. The Balaban J connectivity index is 2.13. The van der Waals surface area contributed by atoms with Gasteiger partial charge >= 0.3 is 0 Å². The van der Waals surface area contributed by atoms with Crippen molar-refractivity contribution >= 4 is 29.0 Å². The van der Waals surface area contributed by atoms with Crippen molar-refractivity contribution in [2.45, 2.75) is 38.8 Å². The van der Waals surface area contributed by atoms with E-state index in [1.165, 1.54) is 4.90 Å². The fourth-order valence-corrected chi connectivity index (χ4v) is 3.48. The molecule has 3 aromatic rings. The number of benzene rings is 2. The third-order valence-electron chi connectivity index (χ3n) is 5.12. The summed E-state index contributed by atoms with van der Waals surface area (Å²) in [5.74, 6) is -0.0260. The molecule has 2 amide bonds. The first kappa shape index (κ1) is 22.4. The molecule has 0 aliphatic rings. The molecule has 1 N–H and O–H groups in total. The van der Waals surface area contributed by atoms with Gasteiger partial charge in [-0.3, -0.25) is 14.5 Å². The van der Waals surface area contributed by atoms with Gasteiger partial charge in [0.2, 0.25) is 5.91 Å². The molecule has 1 aromatic heterocycles. The van der Waals surface area contributed by atoms with Crippen LogP contribution in [0.15, 0.2) is 60.0 Å². The summed E-state index contributed by atoms with van der Waals surface area (Å²) in [6.45, 7) is 5.92. The summed E-state index contributed by atoms with van der Waals surface area (Å²) in [6, 6.07) is 15.4. The number of methoxy groups -OCH3 is 1. The normalized spacial score (nSPS) is 12.1. The van der Waals surface area contributed by atoms with Crippen molar-refractivity contribution in [1.82, 2.24) is 14.9 Å². The number of amides is 2. The van der Waals surface area contributed by atoms with E-state index in [-0.39, 0.29) is 11.6 Å². The molecule has 3 rings (SSSR count). The molecule has 0 saturated heterocycles. The van der Waals surface area contributed by atoms with Gasteiger partial charge in [-0.1, -0.05) is 41.7 Å². The second-order valence-electron chi connectivity index (χ2n) is 7.70. The summed E-state index contributed by atoms with van der Waals surface area (Å²) in [5, 5.41) is 8.61. The molecule has 8 heteroatoms. The van der Waals surface area contributed by atoms with Gasteiger partial charge in [0.1, 0.15) is 11.8 Å². The average Bonchev–Trinajstić information content (AvgIpc) is 3.32. The number of ether oxygens (including phenoxy) is 1. The molecule has 0 spiro atoms. The molecule has 7 nitrogen and oxygen atoms in total. The third kappa shape index (κ3) is 5.27.